The molecule has 1 heterocycles. The van der Waals surface area contributed by atoms with Crippen molar-refractivity contribution in [3.63, 3.8) is 0 Å². The topological polar surface area (TPSA) is 67.0 Å². The fraction of sp³-hybridized carbons (Fsp3) is 0.250. The Hall–Kier alpha value is -1.96. The summed E-state index contributed by atoms with van der Waals surface area (Å²) in [6.07, 6.45) is 6.32. The summed E-state index contributed by atoms with van der Waals surface area (Å²) in [5.74, 6) is 2.86. The molecule has 5 nitrogen and oxygen atoms in total. The van der Waals surface area contributed by atoms with Crippen molar-refractivity contribution in [3.05, 3.63) is 16.7 Å². The van der Waals surface area contributed by atoms with Crippen LogP contribution in [-0.2, 0) is 0 Å². The minimum atomic E-state index is -0.336. The number of aromatic nitrogens is 2. The zero-order valence-electron chi connectivity index (χ0n) is 7.13. The standard InChI is InChI=1S/C8H9N3O2/c1-3-4-9-7-6(13-2)8(12)11-5-10-7/h1,5H,4H2,2H3,(H2,9,10,11,12). The molecule has 0 fully saturated rings. The Bertz CT molecular complexity index is 378. The van der Waals surface area contributed by atoms with Crippen molar-refractivity contribution in [3.8, 4) is 18.1 Å². The van der Waals surface area contributed by atoms with Crippen molar-refractivity contribution >= 4 is 5.82 Å². The van der Waals surface area contributed by atoms with Crippen LogP contribution in [0.15, 0.2) is 11.1 Å². The van der Waals surface area contributed by atoms with Gasteiger partial charge in [0.05, 0.1) is 20.0 Å². The van der Waals surface area contributed by atoms with E-state index in [1.165, 1.54) is 13.4 Å². The Kier molecular flexibility index (Phi) is 2.92. The summed E-state index contributed by atoms with van der Waals surface area (Å²) in [5.41, 5.74) is -0.336. The van der Waals surface area contributed by atoms with Crippen LogP contribution in [-0.4, -0.2) is 23.6 Å². The van der Waals surface area contributed by atoms with Crippen molar-refractivity contribution in [1.82, 2.24) is 9.97 Å². The average Bonchev–Trinajstić information content (AvgIpc) is 2.15. The van der Waals surface area contributed by atoms with Gasteiger partial charge in [0.2, 0.25) is 5.75 Å². The quantitative estimate of drug-likeness (QED) is 0.632. The molecule has 13 heavy (non-hydrogen) atoms. The molecule has 0 aliphatic rings. The van der Waals surface area contributed by atoms with E-state index in [0.29, 0.717) is 12.4 Å². The van der Waals surface area contributed by atoms with Gasteiger partial charge >= 0.3 is 0 Å². The molecule has 2 N–H and O–H groups in total. The summed E-state index contributed by atoms with van der Waals surface area (Å²) in [7, 11) is 1.40. The second kappa shape index (κ2) is 4.16. The Labute approximate surface area is 75.2 Å². The first-order valence-electron chi connectivity index (χ1n) is 3.58. The molecular weight excluding hydrogens is 170 g/mol. The van der Waals surface area contributed by atoms with Gasteiger partial charge in [0, 0.05) is 0 Å². The molecule has 0 spiro atoms. The lowest BCUT2D eigenvalue weighted by Gasteiger charge is -2.05. The first-order chi connectivity index (χ1) is 6.29. The molecule has 0 unspecified atom stereocenters. The molecule has 0 atom stereocenters. The maximum atomic E-state index is 11.1. The van der Waals surface area contributed by atoms with Crippen LogP contribution < -0.4 is 15.6 Å². The number of hydrogen-bond acceptors (Lipinski definition) is 4. The van der Waals surface area contributed by atoms with Gasteiger partial charge in [-0.15, -0.1) is 6.42 Å². The third-order valence-electron chi connectivity index (χ3n) is 1.37. The predicted molar refractivity (Wildman–Crippen MR) is 48.7 cm³/mol. The van der Waals surface area contributed by atoms with Crippen LogP contribution in [0.3, 0.4) is 0 Å². The number of nitrogens with zero attached hydrogens (tertiary/aromatic N) is 1. The fourth-order valence-electron chi connectivity index (χ4n) is 0.837. The molecule has 0 saturated heterocycles. The van der Waals surface area contributed by atoms with E-state index in [9.17, 15) is 4.79 Å². The van der Waals surface area contributed by atoms with E-state index in [4.69, 9.17) is 11.2 Å². The highest BCUT2D eigenvalue weighted by atomic mass is 16.5. The molecule has 0 saturated carbocycles. The highest BCUT2D eigenvalue weighted by Crippen LogP contribution is 2.12. The van der Waals surface area contributed by atoms with Crippen LogP contribution in [0.4, 0.5) is 5.82 Å². The van der Waals surface area contributed by atoms with Crippen LogP contribution in [0, 0.1) is 12.3 Å². The van der Waals surface area contributed by atoms with Crippen molar-refractivity contribution in [2.75, 3.05) is 19.0 Å². The second-order valence-electron chi connectivity index (χ2n) is 2.17. The van der Waals surface area contributed by atoms with Crippen molar-refractivity contribution in [2.45, 2.75) is 0 Å². The normalized spacial score (nSPS) is 8.92. The van der Waals surface area contributed by atoms with Gasteiger partial charge < -0.3 is 15.0 Å². The molecule has 1 aromatic heterocycles. The first-order valence-corrected chi connectivity index (χ1v) is 3.58. The zero-order chi connectivity index (χ0) is 9.68. The Morgan fingerprint density at radius 3 is 3.23 bits per heavy atom. The molecule has 5 heteroatoms. The lowest BCUT2D eigenvalue weighted by molar-refractivity contribution is 0.408. The van der Waals surface area contributed by atoms with Gasteiger partial charge in [-0.2, -0.15) is 0 Å². The van der Waals surface area contributed by atoms with Gasteiger partial charge in [-0.1, -0.05) is 5.92 Å². The number of ether oxygens (including phenoxy) is 1. The molecule has 1 aromatic rings. The zero-order valence-corrected chi connectivity index (χ0v) is 7.13. The molecule has 0 bridgehead atoms. The fourth-order valence-corrected chi connectivity index (χ4v) is 0.837. The maximum Gasteiger partial charge on any atom is 0.295 e. The number of methoxy groups -OCH3 is 1. The van der Waals surface area contributed by atoms with E-state index in [-0.39, 0.29) is 11.3 Å². The van der Waals surface area contributed by atoms with Gasteiger partial charge in [-0.25, -0.2) is 4.98 Å². The molecule has 0 amide bonds. The lowest BCUT2D eigenvalue weighted by Crippen LogP contribution is -2.14. The largest absolute Gasteiger partial charge is 0.489 e. The maximum absolute atomic E-state index is 11.1. The molecule has 68 valence electrons. The van der Waals surface area contributed by atoms with E-state index >= 15 is 0 Å². The van der Waals surface area contributed by atoms with Gasteiger partial charge in [-0.05, 0) is 0 Å². The third-order valence-corrected chi connectivity index (χ3v) is 1.37. The summed E-state index contributed by atoms with van der Waals surface area (Å²) in [5, 5.41) is 2.76. The van der Waals surface area contributed by atoms with E-state index in [0.717, 1.165) is 0 Å². The van der Waals surface area contributed by atoms with Gasteiger partial charge in [0.1, 0.15) is 0 Å². The average molecular weight is 179 g/mol. The number of aromatic amines is 1. The number of rotatable bonds is 3. The van der Waals surface area contributed by atoms with Gasteiger partial charge in [-0.3, -0.25) is 4.79 Å². The SMILES string of the molecule is C#CCNc1nc[nH]c(=O)c1OC. The highest BCUT2D eigenvalue weighted by molar-refractivity contribution is 5.48. The van der Waals surface area contributed by atoms with Gasteiger partial charge in [0.15, 0.2) is 5.82 Å². The molecule has 1 rings (SSSR count). The lowest BCUT2D eigenvalue weighted by atomic mass is 10.5. The Balaban J connectivity index is 3.00. The number of terminal acetylenes is 1. The summed E-state index contributed by atoms with van der Waals surface area (Å²) < 4.78 is 4.84. The van der Waals surface area contributed by atoms with Crippen molar-refractivity contribution in [1.29, 1.82) is 0 Å². The van der Waals surface area contributed by atoms with Crippen LogP contribution in [0.1, 0.15) is 0 Å². The number of nitrogens with one attached hydrogen (secondary N) is 2. The minimum absolute atomic E-state index is 0.137. The summed E-state index contributed by atoms with van der Waals surface area (Å²) in [6, 6.07) is 0. The van der Waals surface area contributed by atoms with Crippen LogP contribution in [0.25, 0.3) is 0 Å². The second-order valence-corrected chi connectivity index (χ2v) is 2.17. The highest BCUT2D eigenvalue weighted by Gasteiger charge is 2.06. The molecule has 0 aromatic carbocycles. The van der Waals surface area contributed by atoms with Crippen LogP contribution >= 0.6 is 0 Å². The summed E-state index contributed by atoms with van der Waals surface area (Å²) in [6.45, 7) is 0.298. The van der Waals surface area contributed by atoms with E-state index in [2.05, 4.69) is 21.2 Å². The third kappa shape index (κ3) is 1.99. The van der Waals surface area contributed by atoms with E-state index in [1.54, 1.807) is 0 Å². The molecule has 0 aliphatic carbocycles. The smallest absolute Gasteiger partial charge is 0.295 e. The van der Waals surface area contributed by atoms with Gasteiger partial charge in [0.25, 0.3) is 5.56 Å². The minimum Gasteiger partial charge on any atom is -0.489 e. The van der Waals surface area contributed by atoms with E-state index in [1.807, 2.05) is 0 Å². The van der Waals surface area contributed by atoms with Crippen molar-refractivity contribution in [2.24, 2.45) is 0 Å². The van der Waals surface area contributed by atoms with Crippen molar-refractivity contribution < 1.29 is 4.74 Å². The molecule has 0 radical (unpaired) electrons. The summed E-state index contributed by atoms with van der Waals surface area (Å²) >= 11 is 0. The number of hydrogen-bond donors (Lipinski definition) is 2. The molecular formula is C8H9N3O2. The summed E-state index contributed by atoms with van der Waals surface area (Å²) in [4.78, 5) is 17.4. The Morgan fingerprint density at radius 2 is 2.62 bits per heavy atom. The van der Waals surface area contributed by atoms with E-state index < -0.39 is 0 Å². The van der Waals surface area contributed by atoms with Crippen LogP contribution in [0.5, 0.6) is 5.75 Å². The Morgan fingerprint density at radius 1 is 1.85 bits per heavy atom. The first kappa shape index (κ1) is 9.13. The number of H-pyrrole nitrogens is 1. The molecule has 0 aliphatic heterocycles. The monoisotopic (exact) mass is 179 g/mol. The number of anilines is 1. The predicted octanol–water partition coefficient (Wildman–Crippen LogP) is -0.176. The van der Waals surface area contributed by atoms with Crippen LogP contribution in [0.2, 0.25) is 0 Å².